The Hall–Kier alpha value is -1.35. The van der Waals surface area contributed by atoms with E-state index in [1.165, 1.54) is 31.2 Å². The number of hydrogen-bond acceptors (Lipinski definition) is 2. The van der Waals surface area contributed by atoms with Crippen molar-refractivity contribution in [2.75, 3.05) is 6.54 Å². The molecule has 1 aromatic carbocycles. The second-order valence-corrected chi connectivity index (χ2v) is 6.19. The lowest BCUT2D eigenvalue weighted by Gasteiger charge is -2.36. The van der Waals surface area contributed by atoms with Crippen molar-refractivity contribution in [1.29, 1.82) is 0 Å². The maximum atomic E-state index is 4.57. The molecule has 0 saturated heterocycles. The Balaban J connectivity index is 1.91. The number of nitrogens with zero attached hydrogens (tertiary/aromatic N) is 2. The van der Waals surface area contributed by atoms with E-state index in [2.05, 4.69) is 53.0 Å². The lowest BCUT2D eigenvalue weighted by Crippen LogP contribution is -2.41. The number of fused-ring (bicyclic) bond motifs is 1. The van der Waals surface area contributed by atoms with Crippen LogP contribution in [0.5, 0.6) is 0 Å². The van der Waals surface area contributed by atoms with Crippen LogP contribution in [0.3, 0.4) is 0 Å². The van der Waals surface area contributed by atoms with Crippen molar-refractivity contribution in [3.63, 3.8) is 0 Å². The third kappa shape index (κ3) is 2.59. The van der Waals surface area contributed by atoms with Gasteiger partial charge in [0.15, 0.2) is 0 Å². The number of nitrogens with one attached hydrogen (secondary N) is 1. The zero-order chi connectivity index (χ0) is 13.9. The zero-order valence-corrected chi connectivity index (χ0v) is 12.5. The van der Waals surface area contributed by atoms with Gasteiger partial charge in [0.05, 0.1) is 23.4 Å². The summed E-state index contributed by atoms with van der Waals surface area (Å²) in [6, 6.07) is 9.60. The molecule has 20 heavy (non-hydrogen) atoms. The molecule has 1 fully saturated rings. The van der Waals surface area contributed by atoms with E-state index in [0.717, 1.165) is 18.0 Å². The van der Waals surface area contributed by atoms with E-state index in [0.29, 0.717) is 12.1 Å². The third-order valence-corrected chi connectivity index (χ3v) is 4.57. The highest BCUT2D eigenvalue weighted by atomic mass is 15.1. The predicted octanol–water partition coefficient (Wildman–Crippen LogP) is 3.77. The highest BCUT2D eigenvalue weighted by molar-refractivity contribution is 5.75. The molecule has 1 heterocycles. The zero-order valence-electron chi connectivity index (χ0n) is 12.5. The molecule has 108 valence electrons. The standard InChI is InChI=1S/C17H25N3/c1-3-10-18-15-9-8-13(2)11-17(15)20-12-19-14-6-4-5-7-16(14)20/h4-7,12-13,15,17-18H,3,8-11H2,1-2H3. The first-order valence-electron chi connectivity index (χ1n) is 7.94. The Labute approximate surface area is 121 Å². The Morgan fingerprint density at radius 1 is 1.30 bits per heavy atom. The lowest BCUT2D eigenvalue weighted by molar-refractivity contribution is 0.219. The van der Waals surface area contributed by atoms with E-state index in [-0.39, 0.29) is 0 Å². The first-order valence-corrected chi connectivity index (χ1v) is 7.94. The van der Waals surface area contributed by atoms with Gasteiger partial charge in [0.25, 0.3) is 0 Å². The molecule has 0 amide bonds. The summed E-state index contributed by atoms with van der Waals surface area (Å²) in [5.41, 5.74) is 2.38. The summed E-state index contributed by atoms with van der Waals surface area (Å²) in [6.07, 6.45) is 7.10. The van der Waals surface area contributed by atoms with Crippen LogP contribution in [-0.2, 0) is 0 Å². The lowest BCUT2D eigenvalue weighted by atomic mass is 9.83. The number of imidazole rings is 1. The number of benzene rings is 1. The highest BCUT2D eigenvalue weighted by Gasteiger charge is 2.30. The monoisotopic (exact) mass is 271 g/mol. The van der Waals surface area contributed by atoms with Crippen molar-refractivity contribution < 1.29 is 0 Å². The summed E-state index contributed by atoms with van der Waals surface area (Å²) in [5.74, 6) is 0.806. The Kier molecular flexibility index (Phi) is 4.06. The minimum absolute atomic E-state index is 0.540. The van der Waals surface area contributed by atoms with Gasteiger partial charge in [0, 0.05) is 6.04 Å². The van der Waals surface area contributed by atoms with E-state index in [1.807, 2.05) is 6.33 Å². The van der Waals surface area contributed by atoms with Gasteiger partial charge in [-0.3, -0.25) is 0 Å². The van der Waals surface area contributed by atoms with E-state index in [9.17, 15) is 0 Å². The number of para-hydroxylation sites is 2. The molecule has 3 atom stereocenters. The molecule has 0 spiro atoms. The number of hydrogen-bond donors (Lipinski definition) is 1. The Morgan fingerprint density at radius 3 is 3.00 bits per heavy atom. The molecule has 3 nitrogen and oxygen atoms in total. The molecule has 3 heteroatoms. The van der Waals surface area contributed by atoms with Gasteiger partial charge in [-0.15, -0.1) is 0 Å². The molecule has 0 aliphatic heterocycles. The predicted molar refractivity (Wildman–Crippen MR) is 83.9 cm³/mol. The fourth-order valence-corrected chi connectivity index (χ4v) is 3.47. The molecule has 1 aromatic heterocycles. The molecule has 1 saturated carbocycles. The van der Waals surface area contributed by atoms with Gasteiger partial charge in [-0.2, -0.15) is 0 Å². The fraction of sp³-hybridized carbons (Fsp3) is 0.588. The Morgan fingerprint density at radius 2 is 2.15 bits per heavy atom. The van der Waals surface area contributed by atoms with Crippen LogP contribution in [0.15, 0.2) is 30.6 Å². The first kappa shape index (κ1) is 13.6. The molecular formula is C17H25N3. The van der Waals surface area contributed by atoms with Crippen LogP contribution in [0.2, 0.25) is 0 Å². The average molecular weight is 271 g/mol. The van der Waals surface area contributed by atoms with Crippen LogP contribution in [0.1, 0.15) is 45.6 Å². The quantitative estimate of drug-likeness (QED) is 0.917. The summed E-state index contributed by atoms with van der Waals surface area (Å²) in [7, 11) is 0. The van der Waals surface area contributed by atoms with Crippen LogP contribution in [0.4, 0.5) is 0 Å². The van der Waals surface area contributed by atoms with Crippen LogP contribution in [0, 0.1) is 5.92 Å². The van der Waals surface area contributed by atoms with Gasteiger partial charge in [0.1, 0.15) is 0 Å². The maximum absolute atomic E-state index is 4.57. The van der Waals surface area contributed by atoms with Gasteiger partial charge in [0.2, 0.25) is 0 Å². The second-order valence-electron chi connectivity index (χ2n) is 6.19. The van der Waals surface area contributed by atoms with Gasteiger partial charge in [-0.25, -0.2) is 4.98 Å². The van der Waals surface area contributed by atoms with Gasteiger partial charge < -0.3 is 9.88 Å². The molecule has 1 aliphatic carbocycles. The summed E-state index contributed by atoms with van der Waals surface area (Å²) in [6.45, 7) is 5.73. The Bertz CT molecular complexity index is 558. The van der Waals surface area contributed by atoms with Crippen molar-refractivity contribution in [2.24, 2.45) is 5.92 Å². The van der Waals surface area contributed by atoms with Gasteiger partial charge >= 0.3 is 0 Å². The van der Waals surface area contributed by atoms with E-state index < -0.39 is 0 Å². The van der Waals surface area contributed by atoms with E-state index in [1.54, 1.807) is 0 Å². The maximum Gasteiger partial charge on any atom is 0.0961 e. The van der Waals surface area contributed by atoms with Crippen molar-refractivity contribution in [3.05, 3.63) is 30.6 Å². The molecule has 3 unspecified atom stereocenters. The number of rotatable bonds is 4. The normalized spacial score (nSPS) is 27.0. The van der Waals surface area contributed by atoms with Crippen LogP contribution in [0.25, 0.3) is 11.0 Å². The molecule has 1 N–H and O–H groups in total. The third-order valence-electron chi connectivity index (χ3n) is 4.57. The van der Waals surface area contributed by atoms with Gasteiger partial charge in [-0.1, -0.05) is 26.0 Å². The molecule has 0 radical (unpaired) electrons. The van der Waals surface area contributed by atoms with Crippen LogP contribution in [-0.4, -0.2) is 22.1 Å². The number of aromatic nitrogens is 2. The molecule has 1 aliphatic rings. The first-order chi connectivity index (χ1) is 9.79. The fourth-order valence-electron chi connectivity index (χ4n) is 3.47. The smallest absolute Gasteiger partial charge is 0.0961 e. The minimum atomic E-state index is 0.540. The SMILES string of the molecule is CCCNC1CCC(C)CC1n1cnc2ccccc21. The molecule has 2 aromatic rings. The topological polar surface area (TPSA) is 29.9 Å². The van der Waals surface area contributed by atoms with E-state index in [4.69, 9.17) is 0 Å². The summed E-state index contributed by atoms with van der Waals surface area (Å²) in [4.78, 5) is 4.57. The van der Waals surface area contributed by atoms with Crippen molar-refractivity contribution in [2.45, 2.75) is 51.6 Å². The van der Waals surface area contributed by atoms with Crippen molar-refractivity contribution >= 4 is 11.0 Å². The van der Waals surface area contributed by atoms with Crippen molar-refractivity contribution in [3.8, 4) is 0 Å². The summed E-state index contributed by atoms with van der Waals surface area (Å²) in [5, 5.41) is 3.75. The molecule has 3 rings (SSSR count). The highest BCUT2D eigenvalue weighted by Crippen LogP contribution is 2.34. The van der Waals surface area contributed by atoms with Crippen molar-refractivity contribution in [1.82, 2.24) is 14.9 Å². The van der Waals surface area contributed by atoms with E-state index >= 15 is 0 Å². The minimum Gasteiger partial charge on any atom is -0.326 e. The largest absolute Gasteiger partial charge is 0.326 e. The average Bonchev–Trinajstić information content (AvgIpc) is 2.90. The molecular weight excluding hydrogens is 246 g/mol. The van der Waals surface area contributed by atoms with Crippen LogP contribution >= 0.6 is 0 Å². The summed E-state index contributed by atoms with van der Waals surface area (Å²) < 4.78 is 2.40. The van der Waals surface area contributed by atoms with Crippen LogP contribution < -0.4 is 5.32 Å². The summed E-state index contributed by atoms with van der Waals surface area (Å²) >= 11 is 0. The van der Waals surface area contributed by atoms with Gasteiger partial charge in [-0.05, 0) is 50.3 Å². The molecule has 0 bridgehead atoms. The second kappa shape index (κ2) is 5.96.